The first kappa shape index (κ1) is 18.1. The molecule has 0 aliphatic heterocycles. The Kier molecular flexibility index (Phi) is 5.65. The highest BCUT2D eigenvalue weighted by atomic mass is 35.5. The molecule has 2 aromatic carbocycles. The minimum absolute atomic E-state index is 0.151. The van der Waals surface area contributed by atoms with E-state index in [4.69, 9.17) is 11.6 Å². The number of aromatic nitrogens is 1. The summed E-state index contributed by atoms with van der Waals surface area (Å²) in [5, 5.41) is 6.02. The third-order valence-corrected chi connectivity index (χ3v) is 4.62. The first-order valence-electron chi connectivity index (χ1n) is 7.87. The van der Waals surface area contributed by atoms with Crippen molar-refractivity contribution in [1.29, 1.82) is 0 Å². The first-order valence-corrected chi connectivity index (χ1v) is 9.12. The standard InChI is InChI=1S/C19H15ClN2O3S/c1-2-25-19(24)17(23)21-15-5-3-4-13(10-15)16-11-26-18(22-16)12-6-8-14(20)9-7-12/h3-11H,2H2,1H3,(H,21,23). The van der Waals surface area contributed by atoms with Crippen LogP contribution in [-0.2, 0) is 14.3 Å². The maximum absolute atomic E-state index is 11.8. The molecule has 3 aromatic rings. The van der Waals surface area contributed by atoms with Crippen LogP contribution in [-0.4, -0.2) is 23.5 Å². The predicted molar refractivity (Wildman–Crippen MR) is 103 cm³/mol. The van der Waals surface area contributed by atoms with Crippen molar-refractivity contribution in [3.8, 4) is 21.8 Å². The largest absolute Gasteiger partial charge is 0.459 e. The van der Waals surface area contributed by atoms with Gasteiger partial charge in [-0.2, -0.15) is 0 Å². The predicted octanol–water partition coefficient (Wildman–Crippen LogP) is 4.63. The number of anilines is 1. The molecular formula is C19H15ClN2O3S. The van der Waals surface area contributed by atoms with Crippen molar-refractivity contribution in [3.63, 3.8) is 0 Å². The summed E-state index contributed by atoms with van der Waals surface area (Å²) in [5.41, 5.74) is 3.11. The average molecular weight is 387 g/mol. The molecule has 0 aliphatic rings. The van der Waals surface area contributed by atoms with Gasteiger partial charge in [-0.25, -0.2) is 9.78 Å². The van der Waals surface area contributed by atoms with E-state index in [-0.39, 0.29) is 6.61 Å². The zero-order chi connectivity index (χ0) is 18.5. The maximum atomic E-state index is 11.8. The van der Waals surface area contributed by atoms with Crippen LogP contribution in [0.3, 0.4) is 0 Å². The van der Waals surface area contributed by atoms with E-state index in [2.05, 4.69) is 15.0 Å². The molecule has 0 unspecified atom stereocenters. The highest BCUT2D eigenvalue weighted by Crippen LogP contribution is 2.30. The SMILES string of the molecule is CCOC(=O)C(=O)Nc1cccc(-c2csc(-c3ccc(Cl)cc3)n2)c1. The van der Waals surface area contributed by atoms with Gasteiger partial charge in [0.25, 0.3) is 0 Å². The molecule has 1 heterocycles. The van der Waals surface area contributed by atoms with E-state index < -0.39 is 11.9 Å². The molecule has 5 nitrogen and oxygen atoms in total. The minimum atomic E-state index is -0.906. The monoisotopic (exact) mass is 386 g/mol. The van der Waals surface area contributed by atoms with Gasteiger partial charge in [-0.1, -0.05) is 35.9 Å². The molecule has 0 radical (unpaired) electrons. The number of carbonyl (C=O) groups is 2. The summed E-state index contributed by atoms with van der Waals surface area (Å²) in [5.74, 6) is -1.71. The number of amides is 1. The van der Waals surface area contributed by atoms with E-state index in [0.717, 1.165) is 21.8 Å². The average Bonchev–Trinajstić information content (AvgIpc) is 3.13. The van der Waals surface area contributed by atoms with Crippen molar-refractivity contribution < 1.29 is 14.3 Å². The third kappa shape index (κ3) is 4.28. The van der Waals surface area contributed by atoms with Crippen LogP contribution in [0, 0.1) is 0 Å². The molecule has 1 N–H and O–H groups in total. The lowest BCUT2D eigenvalue weighted by Crippen LogP contribution is -2.24. The van der Waals surface area contributed by atoms with Crippen LogP contribution < -0.4 is 5.32 Å². The highest BCUT2D eigenvalue weighted by molar-refractivity contribution is 7.13. The van der Waals surface area contributed by atoms with Crippen LogP contribution in [0.2, 0.25) is 5.02 Å². The van der Waals surface area contributed by atoms with Gasteiger partial charge < -0.3 is 10.1 Å². The van der Waals surface area contributed by atoms with Gasteiger partial charge in [-0.05, 0) is 31.2 Å². The van der Waals surface area contributed by atoms with Gasteiger partial charge in [0.15, 0.2) is 0 Å². The number of hydrogen-bond acceptors (Lipinski definition) is 5. The minimum Gasteiger partial charge on any atom is -0.459 e. The number of benzene rings is 2. The fourth-order valence-electron chi connectivity index (χ4n) is 2.27. The zero-order valence-electron chi connectivity index (χ0n) is 13.9. The number of hydrogen-bond donors (Lipinski definition) is 1. The number of halogens is 1. The highest BCUT2D eigenvalue weighted by Gasteiger charge is 2.15. The summed E-state index contributed by atoms with van der Waals surface area (Å²) in [7, 11) is 0. The van der Waals surface area contributed by atoms with Crippen LogP contribution in [0.25, 0.3) is 21.8 Å². The molecule has 0 fully saturated rings. The fraction of sp³-hybridized carbons (Fsp3) is 0.105. The molecule has 0 bridgehead atoms. The van der Waals surface area contributed by atoms with Crippen molar-refractivity contribution >= 4 is 40.5 Å². The number of thiazole rings is 1. The molecule has 1 amide bonds. The Bertz CT molecular complexity index is 938. The number of esters is 1. The van der Waals surface area contributed by atoms with Crippen LogP contribution in [0.5, 0.6) is 0 Å². The number of nitrogens with zero attached hydrogens (tertiary/aromatic N) is 1. The van der Waals surface area contributed by atoms with E-state index in [1.807, 2.05) is 35.7 Å². The second kappa shape index (κ2) is 8.12. The first-order chi connectivity index (χ1) is 12.6. The summed E-state index contributed by atoms with van der Waals surface area (Å²) in [6.07, 6.45) is 0. The van der Waals surface area contributed by atoms with Crippen molar-refractivity contribution in [2.75, 3.05) is 11.9 Å². The van der Waals surface area contributed by atoms with E-state index in [0.29, 0.717) is 10.7 Å². The summed E-state index contributed by atoms with van der Waals surface area (Å²) >= 11 is 7.44. The Morgan fingerprint density at radius 2 is 1.92 bits per heavy atom. The number of nitrogens with one attached hydrogen (secondary N) is 1. The summed E-state index contributed by atoms with van der Waals surface area (Å²) in [6, 6.07) is 14.6. The molecule has 3 rings (SSSR count). The zero-order valence-corrected chi connectivity index (χ0v) is 15.4. The molecule has 0 saturated carbocycles. The van der Waals surface area contributed by atoms with Gasteiger partial charge in [0, 0.05) is 27.2 Å². The van der Waals surface area contributed by atoms with Crippen molar-refractivity contribution in [1.82, 2.24) is 4.98 Å². The van der Waals surface area contributed by atoms with Gasteiger partial charge in [0.2, 0.25) is 0 Å². The second-order valence-electron chi connectivity index (χ2n) is 5.30. The Balaban J connectivity index is 1.79. The van der Waals surface area contributed by atoms with Crippen molar-refractivity contribution in [2.45, 2.75) is 6.92 Å². The van der Waals surface area contributed by atoms with E-state index in [9.17, 15) is 9.59 Å². The van der Waals surface area contributed by atoms with Crippen LogP contribution in [0.15, 0.2) is 53.9 Å². The molecule has 0 aliphatic carbocycles. The van der Waals surface area contributed by atoms with E-state index >= 15 is 0 Å². The maximum Gasteiger partial charge on any atom is 0.397 e. The molecular weight excluding hydrogens is 372 g/mol. The lowest BCUT2D eigenvalue weighted by atomic mass is 10.1. The quantitative estimate of drug-likeness (QED) is 0.524. The van der Waals surface area contributed by atoms with Gasteiger partial charge in [-0.3, -0.25) is 4.79 Å². The summed E-state index contributed by atoms with van der Waals surface area (Å²) in [4.78, 5) is 27.8. The van der Waals surface area contributed by atoms with Gasteiger partial charge in [0.05, 0.1) is 12.3 Å². The van der Waals surface area contributed by atoms with Crippen LogP contribution >= 0.6 is 22.9 Å². The topological polar surface area (TPSA) is 68.3 Å². The Labute approximate surface area is 159 Å². The van der Waals surface area contributed by atoms with Crippen LogP contribution in [0.4, 0.5) is 5.69 Å². The number of carbonyl (C=O) groups excluding carboxylic acids is 2. The van der Waals surface area contributed by atoms with Crippen molar-refractivity contribution in [2.24, 2.45) is 0 Å². The second-order valence-corrected chi connectivity index (χ2v) is 6.59. The molecule has 132 valence electrons. The summed E-state index contributed by atoms with van der Waals surface area (Å²) < 4.78 is 4.68. The molecule has 26 heavy (non-hydrogen) atoms. The number of ether oxygens (including phenoxy) is 1. The lowest BCUT2D eigenvalue weighted by Gasteiger charge is -2.06. The molecule has 0 saturated heterocycles. The normalized spacial score (nSPS) is 10.4. The lowest BCUT2D eigenvalue weighted by molar-refractivity contribution is -0.152. The molecule has 7 heteroatoms. The van der Waals surface area contributed by atoms with Gasteiger partial charge in [-0.15, -0.1) is 11.3 Å². The van der Waals surface area contributed by atoms with Gasteiger partial charge >= 0.3 is 11.9 Å². The number of rotatable bonds is 4. The Hall–Kier alpha value is -2.70. The van der Waals surface area contributed by atoms with Crippen molar-refractivity contribution in [3.05, 3.63) is 58.9 Å². The molecule has 0 spiro atoms. The molecule has 0 atom stereocenters. The van der Waals surface area contributed by atoms with Crippen LogP contribution in [0.1, 0.15) is 6.92 Å². The third-order valence-electron chi connectivity index (χ3n) is 3.47. The smallest absolute Gasteiger partial charge is 0.397 e. The summed E-state index contributed by atoms with van der Waals surface area (Å²) in [6.45, 7) is 1.80. The fourth-order valence-corrected chi connectivity index (χ4v) is 3.23. The van der Waals surface area contributed by atoms with Gasteiger partial charge in [0.1, 0.15) is 5.01 Å². The van der Waals surface area contributed by atoms with E-state index in [1.165, 1.54) is 11.3 Å². The molecule has 1 aromatic heterocycles. The Morgan fingerprint density at radius 3 is 2.65 bits per heavy atom. The van der Waals surface area contributed by atoms with E-state index in [1.54, 1.807) is 25.1 Å². The Morgan fingerprint density at radius 1 is 1.15 bits per heavy atom.